The fourth-order valence-corrected chi connectivity index (χ4v) is 1.37. The predicted molar refractivity (Wildman–Crippen MR) is 43.4 cm³/mol. The molecule has 1 fully saturated rings. The van der Waals surface area contributed by atoms with Gasteiger partial charge in [-0.15, -0.1) is 0 Å². The highest BCUT2D eigenvalue weighted by atomic mass is 16.6. The van der Waals surface area contributed by atoms with Crippen LogP contribution in [0.4, 0.5) is 0 Å². The zero-order valence-electron chi connectivity index (χ0n) is 7.28. The molecular weight excluding hydrogens is 194 g/mol. The summed E-state index contributed by atoms with van der Waals surface area (Å²) in [5, 5.41) is 35.9. The molecule has 1 saturated heterocycles. The van der Waals surface area contributed by atoms with Gasteiger partial charge in [0.2, 0.25) is 0 Å². The summed E-state index contributed by atoms with van der Waals surface area (Å²) in [7, 11) is 0. The minimum atomic E-state index is -1.42. The molecule has 1 heterocycles. The highest BCUT2D eigenvalue weighted by Gasteiger charge is 2.46. The SMILES string of the molecule is N[C@H](C(=O)O)[C@@H]1O[C@H](CO)[C@H](O)[C@@H]1O. The number of aliphatic carboxylic acids is 1. The van der Waals surface area contributed by atoms with Crippen molar-refractivity contribution in [2.45, 2.75) is 30.5 Å². The van der Waals surface area contributed by atoms with Gasteiger partial charge in [0.15, 0.2) is 0 Å². The molecule has 0 spiro atoms. The Bertz CT molecular complexity index is 222. The maximum Gasteiger partial charge on any atom is 0.323 e. The molecule has 0 saturated carbocycles. The molecule has 0 bridgehead atoms. The molecule has 0 unspecified atom stereocenters. The van der Waals surface area contributed by atoms with E-state index in [-0.39, 0.29) is 0 Å². The Morgan fingerprint density at radius 3 is 2.36 bits per heavy atom. The maximum absolute atomic E-state index is 10.5. The summed E-state index contributed by atoms with van der Waals surface area (Å²) in [6.45, 7) is -0.499. The molecule has 7 nitrogen and oxygen atoms in total. The normalized spacial score (nSPS) is 39.7. The summed E-state index contributed by atoms with van der Waals surface area (Å²) in [4.78, 5) is 10.5. The van der Waals surface area contributed by atoms with Crippen molar-refractivity contribution in [2.75, 3.05) is 6.61 Å². The van der Waals surface area contributed by atoms with Crippen LogP contribution in [0, 0.1) is 0 Å². The first-order chi connectivity index (χ1) is 6.49. The van der Waals surface area contributed by atoms with E-state index < -0.39 is 43.0 Å². The van der Waals surface area contributed by atoms with Crippen LogP contribution in [0.2, 0.25) is 0 Å². The van der Waals surface area contributed by atoms with E-state index in [0.29, 0.717) is 0 Å². The van der Waals surface area contributed by atoms with Crippen LogP contribution >= 0.6 is 0 Å². The molecule has 0 aromatic carbocycles. The van der Waals surface area contributed by atoms with Crippen molar-refractivity contribution in [3.63, 3.8) is 0 Å². The van der Waals surface area contributed by atoms with Crippen LogP contribution in [0.5, 0.6) is 0 Å². The predicted octanol–water partition coefficient (Wildman–Crippen LogP) is -3.12. The average molecular weight is 207 g/mol. The Kier molecular flexibility index (Phi) is 3.40. The van der Waals surface area contributed by atoms with Crippen LogP contribution in [0.25, 0.3) is 0 Å². The summed E-state index contributed by atoms with van der Waals surface area (Å²) >= 11 is 0. The first-order valence-electron chi connectivity index (χ1n) is 4.10. The smallest absolute Gasteiger partial charge is 0.323 e. The van der Waals surface area contributed by atoms with Gasteiger partial charge in [0.05, 0.1) is 6.61 Å². The largest absolute Gasteiger partial charge is 0.480 e. The Labute approximate surface area is 79.7 Å². The summed E-state index contributed by atoms with van der Waals surface area (Å²) in [5.41, 5.74) is 5.21. The molecule has 0 amide bonds. The van der Waals surface area contributed by atoms with Crippen LogP contribution < -0.4 is 5.73 Å². The van der Waals surface area contributed by atoms with Gasteiger partial charge in [0.1, 0.15) is 30.5 Å². The molecular formula is C7H13NO6. The van der Waals surface area contributed by atoms with Crippen LogP contribution in [-0.4, -0.2) is 63.5 Å². The van der Waals surface area contributed by atoms with E-state index in [9.17, 15) is 15.0 Å². The Morgan fingerprint density at radius 1 is 1.43 bits per heavy atom. The van der Waals surface area contributed by atoms with Gasteiger partial charge in [-0.3, -0.25) is 4.79 Å². The van der Waals surface area contributed by atoms with Gasteiger partial charge in [-0.2, -0.15) is 0 Å². The minimum Gasteiger partial charge on any atom is -0.480 e. The molecule has 6 N–H and O–H groups in total. The fourth-order valence-electron chi connectivity index (χ4n) is 1.37. The van der Waals surface area contributed by atoms with Crippen molar-refractivity contribution in [1.82, 2.24) is 0 Å². The number of hydrogen-bond donors (Lipinski definition) is 5. The van der Waals surface area contributed by atoms with Gasteiger partial charge in [0, 0.05) is 0 Å². The lowest BCUT2D eigenvalue weighted by Crippen LogP contribution is -2.48. The molecule has 0 aromatic heterocycles. The molecule has 14 heavy (non-hydrogen) atoms. The van der Waals surface area contributed by atoms with Crippen LogP contribution in [0.1, 0.15) is 0 Å². The molecule has 1 rings (SSSR count). The monoisotopic (exact) mass is 207 g/mol. The minimum absolute atomic E-state index is 0.499. The van der Waals surface area contributed by atoms with Crippen molar-refractivity contribution in [1.29, 1.82) is 0 Å². The lowest BCUT2D eigenvalue weighted by atomic mass is 10.0. The first-order valence-corrected chi connectivity index (χ1v) is 4.10. The van der Waals surface area contributed by atoms with Crippen molar-refractivity contribution >= 4 is 5.97 Å². The van der Waals surface area contributed by atoms with Gasteiger partial charge in [-0.25, -0.2) is 0 Å². The third kappa shape index (κ3) is 1.86. The van der Waals surface area contributed by atoms with Crippen molar-refractivity contribution in [2.24, 2.45) is 5.73 Å². The van der Waals surface area contributed by atoms with E-state index >= 15 is 0 Å². The number of aliphatic hydroxyl groups excluding tert-OH is 3. The summed E-state index contributed by atoms with van der Waals surface area (Å²) < 4.78 is 4.90. The Morgan fingerprint density at radius 2 is 2.00 bits per heavy atom. The van der Waals surface area contributed by atoms with E-state index in [1.807, 2.05) is 0 Å². The average Bonchev–Trinajstić information content (AvgIpc) is 2.43. The lowest BCUT2D eigenvalue weighted by Gasteiger charge is -2.18. The van der Waals surface area contributed by atoms with Gasteiger partial charge in [0.25, 0.3) is 0 Å². The van der Waals surface area contributed by atoms with Crippen molar-refractivity contribution < 1.29 is 30.0 Å². The molecule has 1 aliphatic heterocycles. The van der Waals surface area contributed by atoms with Crippen LogP contribution in [-0.2, 0) is 9.53 Å². The topological polar surface area (TPSA) is 133 Å². The van der Waals surface area contributed by atoms with Crippen LogP contribution in [0.3, 0.4) is 0 Å². The Balaban J connectivity index is 2.69. The number of rotatable bonds is 3. The Hall–Kier alpha value is -0.730. The van der Waals surface area contributed by atoms with Crippen molar-refractivity contribution in [3.8, 4) is 0 Å². The number of carboxylic acid groups (broad SMARTS) is 1. The third-order valence-electron chi connectivity index (χ3n) is 2.22. The van der Waals surface area contributed by atoms with Crippen molar-refractivity contribution in [3.05, 3.63) is 0 Å². The zero-order valence-corrected chi connectivity index (χ0v) is 7.28. The second-order valence-corrected chi connectivity index (χ2v) is 3.17. The fraction of sp³-hybridized carbons (Fsp3) is 0.857. The van der Waals surface area contributed by atoms with E-state index in [4.69, 9.17) is 20.7 Å². The van der Waals surface area contributed by atoms with E-state index in [0.717, 1.165) is 0 Å². The van der Waals surface area contributed by atoms with Gasteiger partial charge in [-0.05, 0) is 0 Å². The van der Waals surface area contributed by atoms with Gasteiger partial charge < -0.3 is 30.9 Å². The third-order valence-corrected chi connectivity index (χ3v) is 2.22. The number of hydrogen-bond acceptors (Lipinski definition) is 6. The number of carbonyl (C=O) groups is 1. The number of aliphatic hydroxyl groups is 3. The second kappa shape index (κ2) is 4.20. The maximum atomic E-state index is 10.5. The number of nitrogens with two attached hydrogens (primary N) is 1. The summed E-state index contributed by atoms with van der Waals surface area (Å²) in [5.74, 6) is -1.33. The van der Waals surface area contributed by atoms with E-state index in [1.165, 1.54) is 0 Å². The molecule has 0 aromatic rings. The molecule has 5 atom stereocenters. The second-order valence-electron chi connectivity index (χ2n) is 3.17. The highest BCUT2D eigenvalue weighted by molar-refractivity contribution is 5.74. The molecule has 0 radical (unpaired) electrons. The summed E-state index contributed by atoms with van der Waals surface area (Å²) in [6.07, 6.45) is -4.88. The quantitative estimate of drug-likeness (QED) is 0.330. The van der Waals surface area contributed by atoms with E-state index in [2.05, 4.69) is 0 Å². The van der Waals surface area contributed by atoms with Gasteiger partial charge in [-0.1, -0.05) is 0 Å². The number of carboxylic acids is 1. The summed E-state index contributed by atoms with van der Waals surface area (Å²) in [6, 6.07) is -1.42. The number of ether oxygens (including phenoxy) is 1. The molecule has 82 valence electrons. The first kappa shape index (κ1) is 11.3. The standard InChI is InChI=1S/C7H13NO6/c8-3(7(12)13)6-5(11)4(10)2(1-9)14-6/h2-6,9-11H,1,8H2,(H,12,13)/t2-,3+,4+,5+,6+/m1/s1. The lowest BCUT2D eigenvalue weighted by molar-refractivity contribution is -0.144. The zero-order chi connectivity index (χ0) is 10.9. The van der Waals surface area contributed by atoms with Crippen LogP contribution in [0.15, 0.2) is 0 Å². The molecule has 7 heteroatoms. The van der Waals surface area contributed by atoms with Gasteiger partial charge >= 0.3 is 5.97 Å². The molecule has 0 aliphatic carbocycles. The van der Waals surface area contributed by atoms with E-state index in [1.54, 1.807) is 0 Å². The highest BCUT2D eigenvalue weighted by Crippen LogP contribution is 2.22. The molecule has 1 aliphatic rings.